The average Bonchev–Trinajstić information content (AvgIpc) is 2.84. The van der Waals surface area contributed by atoms with E-state index in [4.69, 9.17) is 13.7 Å². The lowest BCUT2D eigenvalue weighted by Gasteiger charge is -2.11. The van der Waals surface area contributed by atoms with Crippen LogP contribution in [0.25, 0.3) is 0 Å². The van der Waals surface area contributed by atoms with Gasteiger partial charge in [-0.25, -0.2) is 5.43 Å². The number of ether oxygens (including phenoxy) is 2. The number of nitro groups is 1. The van der Waals surface area contributed by atoms with E-state index >= 15 is 0 Å². The second kappa shape index (κ2) is 11.0. The van der Waals surface area contributed by atoms with Gasteiger partial charge in [0.2, 0.25) is 0 Å². The molecular formula is C22H18BrN3O8S. The Labute approximate surface area is 208 Å². The first-order valence-electron chi connectivity index (χ1n) is 9.68. The number of amides is 1. The number of rotatable bonds is 9. The molecule has 0 spiro atoms. The van der Waals surface area contributed by atoms with Crippen LogP contribution in [0.4, 0.5) is 5.69 Å². The molecule has 35 heavy (non-hydrogen) atoms. The Hall–Kier alpha value is -3.97. The first-order valence-corrected chi connectivity index (χ1v) is 11.9. The molecule has 3 aromatic carbocycles. The van der Waals surface area contributed by atoms with Gasteiger partial charge in [-0.15, -0.1) is 0 Å². The number of carbonyl (C=O) groups excluding carboxylic acids is 1. The Morgan fingerprint density at radius 1 is 1.00 bits per heavy atom. The van der Waals surface area contributed by atoms with Gasteiger partial charge in [-0.1, -0.05) is 15.9 Å². The summed E-state index contributed by atoms with van der Waals surface area (Å²) in [5, 5.41) is 14.7. The number of halogens is 1. The molecule has 0 aliphatic heterocycles. The van der Waals surface area contributed by atoms with E-state index in [1.807, 2.05) is 0 Å². The Balaban J connectivity index is 1.74. The topological polar surface area (TPSA) is 146 Å². The van der Waals surface area contributed by atoms with Gasteiger partial charge >= 0.3 is 10.1 Å². The minimum absolute atomic E-state index is 0.0828. The van der Waals surface area contributed by atoms with Crippen molar-refractivity contribution in [3.05, 3.63) is 86.4 Å². The van der Waals surface area contributed by atoms with E-state index in [2.05, 4.69) is 26.5 Å². The van der Waals surface area contributed by atoms with Gasteiger partial charge in [0.1, 0.15) is 10.6 Å². The summed E-state index contributed by atoms with van der Waals surface area (Å²) in [5.41, 5.74) is 2.88. The lowest BCUT2D eigenvalue weighted by Crippen LogP contribution is -2.18. The molecule has 0 aliphatic rings. The quantitative estimate of drug-likeness (QED) is 0.178. The van der Waals surface area contributed by atoms with Gasteiger partial charge in [-0.2, -0.15) is 13.5 Å². The molecule has 3 rings (SSSR count). The van der Waals surface area contributed by atoms with Crippen molar-refractivity contribution in [1.82, 2.24) is 5.43 Å². The van der Waals surface area contributed by atoms with Crippen molar-refractivity contribution < 1.29 is 31.8 Å². The lowest BCUT2D eigenvalue weighted by molar-refractivity contribution is -0.384. The molecule has 0 radical (unpaired) electrons. The van der Waals surface area contributed by atoms with E-state index in [1.54, 1.807) is 18.2 Å². The SMILES string of the molecule is COc1cc(/C=N\NC(=O)c2cc(Br)ccc2OC)ccc1OS(=O)(=O)c1ccc([N+](=O)[O-])cc1. The molecule has 182 valence electrons. The predicted octanol–water partition coefficient (Wildman–Crippen LogP) is 3.91. The van der Waals surface area contributed by atoms with Crippen LogP contribution >= 0.6 is 15.9 Å². The van der Waals surface area contributed by atoms with E-state index in [0.29, 0.717) is 15.8 Å². The molecule has 0 bridgehead atoms. The Morgan fingerprint density at radius 2 is 1.66 bits per heavy atom. The zero-order valence-corrected chi connectivity index (χ0v) is 20.7. The smallest absolute Gasteiger partial charge is 0.339 e. The van der Waals surface area contributed by atoms with Crippen LogP contribution in [0.1, 0.15) is 15.9 Å². The number of hydrogen-bond donors (Lipinski definition) is 1. The molecule has 0 saturated heterocycles. The maximum atomic E-state index is 12.6. The van der Waals surface area contributed by atoms with Crippen LogP contribution in [0.15, 0.2) is 75.1 Å². The molecule has 0 unspecified atom stereocenters. The van der Waals surface area contributed by atoms with Crippen LogP contribution in [0.5, 0.6) is 17.2 Å². The van der Waals surface area contributed by atoms with Gasteiger partial charge in [0.15, 0.2) is 11.5 Å². The van der Waals surface area contributed by atoms with Crippen molar-refractivity contribution in [3.63, 3.8) is 0 Å². The molecule has 11 nitrogen and oxygen atoms in total. The van der Waals surface area contributed by atoms with E-state index < -0.39 is 20.9 Å². The minimum Gasteiger partial charge on any atom is -0.496 e. The van der Waals surface area contributed by atoms with E-state index in [9.17, 15) is 23.3 Å². The van der Waals surface area contributed by atoms with Crippen LogP contribution in [0.2, 0.25) is 0 Å². The molecular weight excluding hydrogens is 546 g/mol. The number of carbonyl (C=O) groups is 1. The van der Waals surface area contributed by atoms with Crippen molar-refractivity contribution in [2.75, 3.05) is 14.2 Å². The first-order chi connectivity index (χ1) is 16.6. The first kappa shape index (κ1) is 25.6. The number of hydrogen-bond acceptors (Lipinski definition) is 9. The fourth-order valence-electron chi connectivity index (χ4n) is 2.82. The molecule has 0 atom stereocenters. The number of non-ortho nitro benzene ring substituents is 1. The van der Waals surface area contributed by atoms with E-state index in [1.165, 1.54) is 38.6 Å². The van der Waals surface area contributed by atoms with Crippen LogP contribution in [0.3, 0.4) is 0 Å². The third-order valence-corrected chi connectivity index (χ3v) is 6.25. The summed E-state index contributed by atoms with van der Waals surface area (Å²) in [5.74, 6) is -0.149. The maximum Gasteiger partial charge on any atom is 0.339 e. The summed E-state index contributed by atoms with van der Waals surface area (Å²) < 4.78 is 41.3. The van der Waals surface area contributed by atoms with Crippen molar-refractivity contribution in [3.8, 4) is 17.2 Å². The molecule has 0 fully saturated rings. The normalized spacial score (nSPS) is 11.2. The highest BCUT2D eigenvalue weighted by atomic mass is 79.9. The van der Waals surface area contributed by atoms with Crippen molar-refractivity contribution in [2.45, 2.75) is 4.90 Å². The molecule has 13 heteroatoms. The number of hydrazone groups is 1. The summed E-state index contributed by atoms with van der Waals surface area (Å²) >= 11 is 3.30. The highest BCUT2D eigenvalue weighted by Gasteiger charge is 2.20. The fourth-order valence-corrected chi connectivity index (χ4v) is 4.12. The van der Waals surface area contributed by atoms with Gasteiger partial charge in [-0.05, 0) is 54.1 Å². The monoisotopic (exact) mass is 563 g/mol. The van der Waals surface area contributed by atoms with E-state index in [-0.39, 0.29) is 27.6 Å². The van der Waals surface area contributed by atoms with Crippen molar-refractivity contribution in [1.29, 1.82) is 0 Å². The van der Waals surface area contributed by atoms with Gasteiger partial charge in [0.05, 0.1) is 30.9 Å². The summed E-state index contributed by atoms with van der Waals surface area (Å²) in [7, 11) is -1.51. The summed E-state index contributed by atoms with van der Waals surface area (Å²) in [6.45, 7) is 0. The van der Waals surface area contributed by atoms with E-state index in [0.717, 1.165) is 24.3 Å². The zero-order chi connectivity index (χ0) is 25.6. The second-order valence-electron chi connectivity index (χ2n) is 6.74. The Morgan fingerprint density at radius 3 is 2.29 bits per heavy atom. The molecule has 1 N–H and O–H groups in total. The van der Waals surface area contributed by atoms with Gasteiger partial charge < -0.3 is 13.7 Å². The van der Waals surface area contributed by atoms with Crippen LogP contribution in [-0.4, -0.2) is 39.7 Å². The van der Waals surface area contributed by atoms with Crippen molar-refractivity contribution >= 4 is 43.9 Å². The lowest BCUT2D eigenvalue weighted by atomic mass is 10.2. The highest BCUT2D eigenvalue weighted by Crippen LogP contribution is 2.31. The molecule has 0 aromatic heterocycles. The Kier molecular flexibility index (Phi) is 8.04. The van der Waals surface area contributed by atoms with Gasteiger partial charge in [-0.3, -0.25) is 14.9 Å². The minimum atomic E-state index is -4.28. The number of methoxy groups -OCH3 is 2. The number of benzene rings is 3. The largest absolute Gasteiger partial charge is 0.496 e. The van der Waals surface area contributed by atoms with Crippen LogP contribution in [0, 0.1) is 10.1 Å². The van der Waals surface area contributed by atoms with Crippen LogP contribution < -0.4 is 19.1 Å². The third kappa shape index (κ3) is 6.33. The predicted molar refractivity (Wildman–Crippen MR) is 130 cm³/mol. The molecule has 3 aromatic rings. The standard InChI is InChI=1S/C22H18BrN3O8S/c1-32-19-10-4-15(23)12-18(19)22(27)25-24-13-14-3-9-20(21(11-14)33-2)34-35(30,31)17-7-5-16(6-8-17)26(28)29/h3-13H,1-2H3,(H,25,27)/b24-13-. The number of nitrogens with one attached hydrogen (secondary N) is 1. The summed E-state index contributed by atoms with van der Waals surface area (Å²) in [6.07, 6.45) is 1.33. The zero-order valence-electron chi connectivity index (χ0n) is 18.3. The number of nitrogens with zero attached hydrogens (tertiary/aromatic N) is 2. The number of nitro benzene ring substituents is 1. The maximum absolute atomic E-state index is 12.6. The summed E-state index contributed by atoms with van der Waals surface area (Å²) in [4.78, 5) is 22.3. The third-order valence-electron chi connectivity index (χ3n) is 4.51. The molecule has 0 saturated carbocycles. The molecule has 0 aliphatic carbocycles. The summed E-state index contributed by atoms with van der Waals surface area (Å²) in [6, 6.07) is 13.5. The Bertz CT molecular complexity index is 1390. The highest BCUT2D eigenvalue weighted by molar-refractivity contribution is 9.10. The molecule has 1 amide bonds. The fraction of sp³-hybridized carbons (Fsp3) is 0.0909. The van der Waals surface area contributed by atoms with Gasteiger partial charge in [0.25, 0.3) is 11.6 Å². The molecule has 0 heterocycles. The van der Waals surface area contributed by atoms with Crippen LogP contribution in [-0.2, 0) is 10.1 Å². The van der Waals surface area contributed by atoms with Gasteiger partial charge in [0, 0.05) is 16.6 Å². The second-order valence-corrected chi connectivity index (χ2v) is 9.20. The average molecular weight is 564 g/mol. The van der Waals surface area contributed by atoms with Crippen molar-refractivity contribution in [2.24, 2.45) is 5.10 Å².